The summed E-state index contributed by atoms with van der Waals surface area (Å²) in [5.41, 5.74) is 11.4. The number of hydrogen-bond donors (Lipinski definition) is 0. The van der Waals surface area contributed by atoms with Gasteiger partial charge in [0.05, 0.1) is 44.0 Å². The number of hydrogen-bond acceptors (Lipinski definition) is 3. The topological polar surface area (TPSA) is 53.2 Å². The van der Waals surface area contributed by atoms with E-state index in [0.717, 1.165) is 55.5 Å². The van der Waals surface area contributed by atoms with Crippen molar-refractivity contribution in [3.63, 3.8) is 0 Å². The van der Waals surface area contributed by atoms with Crippen molar-refractivity contribution in [3.05, 3.63) is 188 Å². The first kappa shape index (κ1) is 32.4. The van der Waals surface area contributed by atoms with Gasteiger partial charge >= 0.3 is 0 Å². The van der Waals surface area contributed by atoms with Gasteiger partial charge in [0.2, 0.25) is 5.71 Å². The molecule has 0 N–H and O–H groups in total. The number of para-hydroxylation sites is 5. The van der Waals surface area contributed by atoms with Crippen molar-refractivity contribution in [1.82, 2.24) is 23.5 Å². The first-order chi connectivity index (χ1) is 30.8. The highest BCUT2D eigenvalue weighted by Gasteiger charge is 2.28. The molecule has 6 nitrogen and oxygen atoms in total. The lowest BCUT2D eigenvalue weighted by atomic mass is 10.00. The Bertz CT molecular complexity index is 4390. The first-order valence-electron chi connectivity index (χ1n) is 21.1. The van der Waals surface area contributed by atoms with E-state index in [0.29, 0.717) is 11.5 Å². The Kier molecular flexibility index (Phi) is 6.07. The number of furan rings is 1. The van der Waals surface area contributed by atoms with Gasteiger partial charge in [-0.3, -0.25) is 4.57 Å². The second-order valence-electron chi connectivity index (χ2n) is 16.5. The molecule has 0 amide bonds. The van der Waals surface area contributed by atoms with Crippen LogP contribution in [0, 0.1) is 0 Å². The Morgan fingerprint density at radius 3 is 1.87 bits per heavy atom. The fourth-order valence-corrected chi connectivity index (χ4v) is 10.9. The molecule has 0 unspecified atom stereocenters. The standard InChI is InChI=1S/C56H31N5O/c1-2-15-34(16-3-1)59-43-22-10-6-18-36(43)38-28-26-33(30-47(38)59)54-57-55(51-40-21-9-13-25-48(40)62-56(51)58-54)61-44-23-11-7-19-37(44)41-31-42-49-35-17-5-4-14-32(35)27-29-46(49)60-45-24-12-8-20-39(45)50(52(41)61)53(42)60/h1-31H. The number of rotatable bonds is 3. The number of benzene rings is 9. The first-order valence-corrected chi connectivity index (χ1v) is 21.1. The van der Waals surface area contributed by atoms with Crippen molar-refractivity contribution in [1.29, 1.82) is 0 Å². The molecule has 15 rings (SSSR count). The number of nitrogens with zero attached hydrogens (tertiary/aromatic N) is 5. The molecule has 0 fully saturated rings. The minimum atomic E-state index is 0.555. The molecule has 15 aromatic rings. The van der Waals surface area contributed by atoms with E-state index in [9.17, 15) is 0 Å². The zero-order chi connectivity index (χ0) is 40.2. The lowest BCUT2D eigenvalue weighted by Gasteiger charge is -2.12. The average Bonchev–Trinajstić information content (AvgIpc) is 4.13. The van der Waals surface area contributed by atoms with Gasteiger partial charge < -0.3 is 13.4 Å². The summed E-state index contributed by atoms with van der Waals surface area (Å²) in [4.78, 5) is 11.0. The van der Waals surface area contributed by atoms with E-state index in [1.54, 1.807) is 0 Å². The van der Waals surface area contributed by atoms with E-state index in [2.05, 4.69) is 189 Å². The van der Waals surface area contributed by atoms with E-state index in [-0.39, 0.29) is 0 Å². The molecular weight excluding hydrogens is 759 g/mol. The van der Waals surface area contributed by atoms with Gasteiger partial charge in [-0.25, -0.2) is 4.98 Å². The summed E-state index contributed by atoms with van der Waals surface area (Å²) in [5.74, 6) is 1.39. The van der Waals surface area contributed by atoms with Crippen LogP contribution in [-0.4, -0.2) is 23.5 Å². The molecule has 0 spiro atoms. The number of fused-ring (bicyclic) bond motifs is 18. The summed E-state index contributed by atoms with van der Waals surface area (Å²) in [6.45, 7) is 0. The predicted octanol–water partition coefficient (Wildman–Crippen LogP) is 14.5. The van der Waals surface area contributed by atoms with Crippen LogP contribution in [0.15, 0.2) is 192 Å². The Hall–Kier alpha value is -8.48. The fourth-order valence-electron chi connectivity index (χ4n) is 10.9. The second-order valence-corrected chi connectivity index (χ2v) is 16.5. The molecule has 6 heterocycles. The zero-order valence-electron chi connectivity index (χ0n) is 33.0. The third-order valence-electron chi connectivity index (χ3n) is 13.4. The van der Waals surface area contributed by atoms with Crippen molar-refractivity contribution < 1.29 is 4.42 Å². The molecule has 286 valence electrons. The van der Waals surface area contributed by atoms with Gasteiger partial charge in [-0.15, -0.1) is 0 Å². The largest absolute Gasteiger partial charge is 0.437 e. The summed E-state index contributed by atoms with van der Waals surface area (Å²) in [6.07, 6.45) is 0. The van der Waals surface area contributed by atoms with Crippen LogP contribution in [0.1, 0.15) is 0 Å². The summed E-state index contributed by atoms with van der Waals surface area (Å²) >= 11 is 0. The lowest BCUT2D eigenvalue weighted by molar-refractivity contribution is 0.653. The van der Waals surface area contributed by atoms with Crippen LogP contribution in [0.25, 0.3) is 137 Å². The Morgan fingerprint density at radius 2 is 1.03 bits per heavy atom. The molecule has 0 atom stereocenters. The molecule has 62 heavy (non-hydrogen) atoms. The van der Waals surface area contributed by atoms with Crippen LogP contribution in [-0.2, 0) is 0 Å². The van der Waals surface area contributed by atoms with Crippen molar-refractivity contribution in [2.75, 3.05) is 0 Å². The maximum atomic E-state index is 6.71. The Morgan fingerprint density at radius 1 is 0.371 bits per heavy atom. The molecule has 0 aliphatic rings. The van der Waals surface area contributed by atoms with Crippen molar-refractivity contribution in [2.24, 2.45) is 0 Å². The zero-order valence-corrected chi connectivity index (χ0v) is 33.0. The fraction of sp³-hybridized carbons (Fsp3) is 0. The van der Waals surface area contributed by atoms with E-state index in [1.165, 1.54) is 70.4 Å². The van der Waals surface area contributed by atoms with Crippen LogP contribution >= 0.6 is 0 Å². The molecule has 0 saturated heterocycles. The molecule has 0 saturated carbocycles. The molecule has 0 bridgehead atoms. The van der Waals surface area contributed by atoms with Gasteiger partial charge in [-0.1, -0.05) is 133 Å². The lowest BCUT2D eigenvalue weighted by Crippen LogP contribution is -2.02. The Labute approximate surface area is 352 Å². The van der Waals surface area contributed by atoms with Crippen molar-refractivity contribution >= 4 is 115 Å². The smallest absolute Gasteiger partial charge is 0.233 e. The molecule has 0 aliphatic carbocycles. The highest BCUT2D eigenvalue weighted by Crippen LogP contribution is 2.49. The SMILES string of the molecule is c1ccc(-n2c3ccccc3c3ccc(-c4nc(-n5c6ccccc6c6cc7c8c9ccccc9ccc8n8c9ccccc9c(c65)c78)c5c(n4)oc4ccccc45)cc32)cc1. The highest BCUT2D eigenvalue weighted by molar-refractivity contribution is 6.36. The second kappa shape index (κ2) is 11.6. The summed E-state index contributed by atoms with van der Waals surface area (Å²) in [5, 5.41) is 14.0. The summed E-state index contributed by atoms with van der Waals surface area (Å²) in [7, 11) is 0. The quantitative estimate of drug-likeness (QED) is 0.179. The van der Waals surface area contributed by atoms with Crippen LogP contribution in [0.3, 0.4) is 0 Å². The van der Waals surface area contributed by atoms with Gasteiger partial charge in [0.25, 0.3) is 0 Å². The maximum Gasteiger partial charge on any atom is 0.233 e. The molecule has 0 radical (unpaired) electrons. The van der Waals surface area contributed by atoms with Gasteiger partial charge in [0.15, 0.2) is 11.6 Å². The van der Waals surface area contributed by atoms with E-state index in [1.807, 2.05) is 12.1 Å². The predicted molar refractivity (Wildman–Crippen MR) is 256 cm³/mol. The van der Waals surface area contributed by atoms with Crippen LogP contribution in [0.2, 0.25) is 0 Å². The van der Waals surface area contributed by atoms with E-state index >= 15 is 0 Å². The van der Waals surface area contributed by atoms with Crippen LogP contribution in [0.5, 0.6) is 0 Å². The number of aromatic nitrogens is 5. The van der Waals surface area contributed by atoms with Crippen molar-refractivity contribution in [2.45, 2.75) is 0 Å². The monoisotopic (exact) mass is 789 g/mol. The highest BCUT2D eigenvalue weighted by atomic mass is 16.3. The average molecular weight is 790 g/mol. The molecule has 9 aromatic carbocycles. The minimum absolute atomic E-state index is 0.555. The normalized spacial score (nSPS) is 12.5. The third-order valence-corrected chi connectivity index (χ3v) is 13.4. The summed E-state index contributed by atoms with van der Waals surface area (Å²) < 4.78 is 13.9. The van der Waals surface area contributed by atoms with Crippen molar-refractivity contribution in [3.8, 4) is 22.9 Å². The van der Waals surface area contributed by atoms with Gasteiger partial charge in [0, 0.05) is 59.7 Å². The van der Waals surface area contributed by atoms with Gasteiger partial charge in [0.1, 0.15) is 5.58 Å². The maximum absolute atomic E-state index is 6.71. The van der Waals surface area contributed by atoms with Gasteiger partial charge in [-0.05, 0) is 65.4 Å². The minimum Gasteiger partial charge on any atom is -0.437 e. The van der Waals surface area contributed by atoms with E-state index in [4.69, 9.17) is 14.4 Å². The molecule has 0 aliphatic heterocycles. The molecular formula is C56H31N5O. The third kappa shape index (κ3) is 4.04. The summed E-state index contributed by atoms with van der Waals surface area (Å²) in [6, 6.07) is 67.4. The Balaban J connectivity index is 1.11. The molecule has 6 aromatic heterocycles. The van der Waals surface area contributed by atoms with Crippen LogP contribution in [0.4, 0.5) is 0 Å². The van der Waals surface area contributed by atoms with Gasteiger partial charge in [-0.2, -0.15) is 4.98 Å². The van der Waals surface area contributed by atoms with E-state index < -0.39 is 0 Å². The van der Waals surface area contributed by atoms with Crippen LogP contribution < -0.4 is 0 Å². The molecule has 6 heteroatoms.